The molecule has 0 saturated carbocycles. The standard InChI is InChI=1S/C23H27NO6S/c1-23(2,3)13-6-8-14(9-7-13)30-12-17(25)24-20-19(22(27)29-5)18-15(21(26)28-4)10-11-16(18)31-20/h6-9,15H,10-12H2,1-5H3,(H,24,25)/t15-/m1/s1. The lowest BCUT2D eigenvalue weighted by atomic mass is 9.87. The number of hydrogen-bond acceptors (Lipinski definition) is 7. The Morgan fingerprint density at radius 3 is 2.35 bits per heavy atom. The highest BCUT2D eigenvalue weighted by Crippen LogP contribution is 2.45. The molecule has 3 rings (SSSR count). The van der Waals surface area contributed by atoms with Crippen LogP contribution in [0.2, 0.25) is 0 Å². The van der Waals surface area contributed by atoms with Gasteiger partial charge in [-0.3, -0.25) is 9.59 Å². The van der Waals surface area contributed by atoms with E-state index < -0.39 is 23.8 Å². The highest BCUT2D eigenvalue weighted by Gasteiger charge is 2.38. The normalized spacial score (nSPS) is 15.2. The van der Waals surface area contributed by atoms with Crippen molar-refractivity contribution in [2.45, 2.75) is 44.9 Å². The van der Waals surface area contributed by atoms with Crippen molar-refractivity contribution < 1.29 is 28.6 Å². The monoisotopic (exact) mass is 445 g/mol. The van der Waals surface area contributed by atoms with E-state index in [4.69, 9.17) is 14.2 Å². The minimum Gasteiger partial charge on any atom is -0.484 e. The molecule has 0 saturated heterocycles. The predicted molar refractivity (Wildman–Crippen MR) is 118 cm³/mol. The number of benzene rings is 1. The molecule has 0 fully saturated rings. The molecule has 0 spiro atoms. The number of carbonyl (C=O) groups excluding carboxylic acids is 3. The van der Waals surface area contributed by atoms with Crippen molar-refractivity contribution in [2.75, 3.05) is 26.1 Å². The molecule has 1 aliphatic rings. The van der Waals surface area contributed by atoms with Crippen LogP contribution in [0.15, 0.2) is 24.3 Å². The van der Waals surface area contributed by atoms with Gasteiger partial charge in [0.15, 0.2) is 6.61 Å². The highest BCUT2D eigenvalue weighted by atomic mass is 32.1. The summed E-state index contributed by atoms with van der Waals surface area (Å²) >= 11 is 1.28. The maximum Gasteiger partial charge on any atom is 0.341 e. The van der Waals surface area contributed by atoms with Crippen LogP contribution in [0.1, 0.15) is 59.5 Å². The van der Waals surface area contributed by atoms with Crippen LogP contribution in [-0.2, 0) is 30.9 Å². The van der Waals surface area contributed by atoms with Crippen molar-refractivity contribution in [3.63, 3.8) is 0 Å². The average Bonchev–Trinajstić information content (AvgIpc) is 3.29. The van der Waals surface area contributed by atoms with Crippen molar-refractivity contribution in [2.24, 2.45) is 0 Å². The maximum absolute atomic E-state index is 12.5. The molecule has 8 heteroatoms. The summed E-state index contributed by atoms with van der Waals surface area (Å²) in [7, 11) is 2.59. The number of amides is 1. The van der Waals surface area contributed by atoms with Gasteiger partial charge in [0.2, 0.25) is 0 Å². The number of esters is 2. The van der Waals surface area contributed by atoms with Gasteiger partial charge in [0.05, 0.1) is 25.7 Å². The van der Waals surface area contributed by atoms with Crippen LogP contribution in [0, 0.1) is 0 Å². The number of hydrogen-bond donors (Lipinski definition) is 1. The molecule has 1 aliphatic carbocycles. The summed E-state index contributed by atoms with van der Waals surface area (Å²) in [5, 5.41) is 3.10. The molecule has 1 N–H and O–H groups in total. The Morgan fingerprint density at radius 1 is 1.10 bits per heavy atom. The average molecular weight is 446 g/mol. The summed E-state index contributed by atoms with van der Waals surface area (Å²) in [5.74, 6) is -1.35. The minimum absolute atomic E-state index is 0.0296. The second-order valence-corrected chi connectivity index (χ2v) is 9.47. The van der Waals surface area contributed by atoms with Crippen LogP contribution < -0.4 is 10.1 Å². The first kappa shape index (κ1) is 22.8. The van der Waals surface area contributed by atoms with Gasteiger partial charge in [-0.1, -0.05) is 32.9 Å². The molecule has 0 radical (unpaired) electrons. The molecular weight excluding hydrogens is 418 g/mol. The third kappa shape index (κ3) is 4.90. The first-order valence-electron chi connectivity index (χ1n) is 10.0. The first-order chi connectivity index (χ1) is 14.7. The number of carbonyl (C=O) groups is 3. The van der Waals surface area contributed by atoms with Gasteiger partial charge in [-0.2, -0.15) is 0 Å². The van der Waals surface area contributed by atoms with Crippen molar-refractivity contribution >= 4 is 34.2 Å². The van der Waals surface area contributed by atoms with Crippen LogP contribution in [0.5, 0.6) is 5.75 Å². The predicted octanol–water partition coefficient (Wildman–Crippen LogP) is 4.05. The molecule has 1 heterocycles. The van der Waals surface area contributed by atoms with Crippen LogP contribution in [0.4, 0.5) is 5.00 Å². The second kappa shape index (κ2) is 9.09. The molecule has 1 amide bonds. The maximum atomic E-state index is 12.5. The fourth-order valence-corrected chi connectivity index (χ4v) is 4.88. The van der Waals surface area contributed by atoms with E-state index in [1.54, 1.807) is 0 Å². The summed E-state index contributed by atoms with van der Waals surface area (Å²) in [6.07, 6.45) is 1.20. The topological polar surface area (TPSA) is 90.9 Å². The van der Waals surface area contributed by atoms with Crippen molar-refractivity contribution in [1.82, 2.24) is 0 Å². The second-order valence-electron chi connectivity index (χ2n) is 8.36. The van der Waals surface area contributed by atoms with Gasteiger partial charge in [0, 0.05) is 4.88 Å². The Morgan fingerprint density at radius 2 is 1.77 bits per heavy atom. The summed E-state index contributed by atoms with van der Waals surface area (Å²) in [6.45, 7) is 6.16. The fourth-order valence-electron chi connectivity index (χ4n) is 3.60. The van der Waals surface area contributed by atoms with E-state index in [-0.39, 0.29) is 17.6 Å². The molecule has 0 bridgehead atoms. The quantitative estimate of drug-likeness (QED) is 0.675. The van der Waals surface area contributed by atoms with Gasteiger partial charge < -0.3 is 19.5 Å². The Bertz CT molecular complexity index is 987. The molecule has 2 aromatic rings. The lowest BCUT2D eigenvalue weighted by molar-refractivity contribution is -0.142. The summed E-state index contributed by atoms with van der Waals surface area (Å²) < 4.78 is 15.4. The minimum atomic E-state index is -0.595. The Balaban J connectivity index is 1.73. The van der Waals surface area contributed by atoms with Crippen LogP contribution in [-0.4, -0.2) is 38.7 Å². The molecule has 1 atom stereocenters. The lowest BCUT2D eigenvalue weighted by Gasteiger charge is -2.19. The number of fused-ring (bicyclic) bond motifs is 1. The largest absolute Gasteiger partial charge is 0.484 e. The van der Waals surface area contributed by atoms with Gasteiger partial charge in [-0.25, -0.2) is 4.79 Å². The van der Waals surface area contributed by atoms with Gasteiger partial charge in [0.1, 0.15) is 10.8 Å². The van der Waals surface area contributed by atoms with E-state index in [0.717, 1.165) is 4.88 Å². The Kier molecular flexibility index (Phi) is 6.69. The Hall–Kier alpha value is -2.87. The molecular formula is C23H27NO6S. The number of anilines is 1. The first-order valence-corrected chi connectivity index (χ1v) is 10.8. The summed E-state index contributed by atoms with van der Waals surface area (Å²) in [4.78, 5) is 38.0. The van der Waals surface area contributed by atoms with Gasteiger partial charge in [-0.05, 0) is 41.5 Å². The lowest BCUT2D eigenvalue weighted by Crippen LogP contribution is -2.22. The van der Waals surface area contributed by atoms with Crippen molar-refractivity contribution in [3.05, 3.63) is 45.8 Å². The fraction of sp³-hybridized carbons (Fsp3) is 0.435. The molecule has 166 valence electrons. The van der Waals surface area contributed by atoms with E-state index >= 15 is 0 Å². The number of methoxy groups -OCH3 is 2. The van der Waals surface area contributed by atoms with Crippen LogP contribution in [0.3, 0.4) is 0 Å². The number of aryl methyl sites for hydroxylation is 1. The van der Waals surface area contributed by atoms with Crippen molar-refractivity contribution in [3.8, 4) is 5.75 Å². The van der Waals surface area contributed by atoms with Gasteiger partial charge in [0.25, 0.3) is 5.91 Å². The van der Waals surface area contributed by atoms with Gasteiger partial charge >= 0.3 is 11.9 Å². The molecule has 0 unspecified atom stereocenters. The zero-order valence-electron chi connectivity index (χ0n) is 18.4. The molecule has 1 aromatic carbocycles. The molecule has 1 aromatic heterocycles. The van der Waals surface area contributed by atoms with Gasteiger partial charge in [-0.15, -0.1) is 11.3 Å². The molecule has 31 heavy (non-hydrogen) atoms. The van der Waals surface area contributed by atoms with E-state index in [1.165, 1.54) is 31.1 Å². The third-order valence-corrected chi connectivity index (χ3v) is 6.43. The Labute approximate surface area is 185 Å². The van der Waals surface area contributed by atoms with E-state index in [2.05, 4.69) is 26.1 Å². The third-order valence-electron chi connectivity index (χ3n) is 5.25. The van der Waals surface area contributed by atoms with Crippen LogP contribution in [0.25, 0.3) is 0 Å². The number of thiophene rings is 1. The van der Waals surface area contributed by atoms with E-state index in [9.17, 15) is 14.4 Å². The smallest absolute Gasteiger partial charge is 0.341 e. The van der Waals surface area contributed by atoms with Crippen LogP contribution >= 0.6 is 11.3 Å². The molecule has 0 aliphatic heterocycles. The number of ether oxygens (including phenoxy) is 3. The van der Waals surface area contributed by atoms with Crippen molar-refractivity contribution in [1.29, 1.82) is 0 Å². The zero-order valence-corrected chi connectivity index (χ0v) is 19.2. The SMILES string of the molecule is COC(=O)c1c(NC(=O)COc2ccc(C(C)(C)C)cc2)sc2c1[C@H](C(=O)OC)CC2. The molecule has 7 nitrogen and oxygen atoms in total. The summed E-state index contributed by atoms with van der Waals surface area (Å²) in [5.41, 5.74) is 2.01. The summed E-state index contributed by atoms with van der Waals surface area (Å²) in [6, 6.07) is 7.60. The number of nitrogens with one attached hydrogen (secondary N) is 1. The number of rotatable bonds is 6. The van der Waals surface area contributed by atoms with E-state index in [1.807, 2.05) is 24.3 Å². The highest BCUT2D eigenvalue weighted by molar-refractivity contribution is 7.17. The zero-order chi connectivity index (χ0) is 22.8. The van der Waals surface area contributed by atoms with E-state index in [0.29, 0.717) is 29.2 Å².